The molecule has 2 fully saturated rings. The maximum Gasteiger partial charge on any atom is 0.246 e. The number of carbonyl (C=O) groups excluding carboxylic acids is 1. The Kier molecular flexibility index (Phi) is 6.67. The first-order valence-corrected chi connectivity index (χ1v) is 12.6. The largest absolute Gasteiger partial charge is 0.495 e. The molecule has 1 heterocycles. The first kappa shape index (κ1) is 22.6. The molecule has 170 valence electrons. The number of hydrogen-bond acceptors (Lipinski definition) is 4. The Morgan fingerprint density at radius 2 is 1.81 bits per heavy atom. The number of sulfonamides is 1. The molecule has 4 rings (SSSR count). The van der Waals surface area contributed by atoms with Crippen LogP contribution in [0.1, 0.15) is 43.2 Å². The van der Waals surface area contributed by atoms with Crippen molar-refractivity contribution in [2.24, 2.45) is 0 Å². The highest BCUT2D eigenvalue weighted by atomic mass is 32.2. The predicted octanol–water partition coefficient (Wildman–Crippen LogP) is 3.73. The van der Waals surface area contributed by atoms with Crippen molar-refractivity contribution in [3.05, 3.63) is 65.7 Å². The standard InChI is InChI=1S/C25H30N2O4S/c1-31-22-12-10-20(18-23(22)32(29,30)27-16-6-3-7-17-27)11-13-24(28)26-19-25(14-15-25)21-8-4-2-5-9-21/h2,4-5,8-13,18H,3,6-7,14-17,19H2,1H3,(H,26,28)/b13-11+. The number of piperidine rings is 1. The van der Waals surface area contributed by atoms with Crippen molar-refractivity contribution in [3.63, 3.8) is 0 Å². The lowest BCUT2D eigenvalue weighted by Gasteiger charge is -2.26. The van der Waals surface area contributed by atoms with Crippen LogP contribution in [0.4, 0.5) is 0 Å². The van der Waals surface area contributed by atoms with Crippen LogP contribution < -0.4 is 10.1 Å². The normalized spacial score (nSPS) is 18.4. The monoisotopic (exact) mass is 454 g/mol. The number of carbonyl (C=O) groups is 1. The summed E-state index contributed by atoms with van der Waals surface area (Å²) in [6.07, 6.45) is 8.02. The van der Waals surface area contributed by atoms with Crippen LogP contribution >= 0.6 is 0 Å². The second-order valence-electron chi connectivity index (χ2n) is 8.57. The molecule has 0 bridgehead atoms. The number of amides is 1. The third-order valence-electron chi connectivity index (χ3n) is 6.39. The van der Waals surface area contributed by atoms with Crippen molar-refractivity contribution >= 4 is 22.0 Å². The van der Waals surface area contributed by atoms with Gasteiger partial charge in [0.2, 0.25) is 15.9 Å². The van der Waals surface area contributed by atoms with Gasteiger partial charge in [-0.25, -0.2) is 8.42 Å². The lowest BCUT2D eigenvalue weighted by Crippen LogP contribution is -2.35. The van der Waals surface area contributed by atoms with Crippen LogP contribution in [0.15, 0.2) is 59.5 Å². The van der Waals surface area contributed by atoms with Crippen molar-refractivity contribution in [3.8, 4) is 5.75 Å². The summed E-state index contributed by atoms with van der Waals surface area (Å²) in [7, 11) is -2.18. The molecule has 0 radical (unpaired) electrons. The third-order valence-corrected chi connectivity index (χ3v) is 8.31. The Bertz CT molecular complexity index is 1090. The van der Waals surface area contributed by atoms with Crippen LogP contribution in [0, 0.1) is 0 Å². The highest BCUT2D eigenvalue weighted by Gasteiger charge is 2.44. The minimum absolute atomic E-state index is 0.0422. The Morgan fingerprint density at radius 1 is 1.09 bits per heavy atom. The molecule has 1 aliphatic heterocycles. The van der Waals surface area contributed by atoms with Gasteiger partial charge in [-0.05, 0) is 55.0 Å². The van der Waals surface area contributed by atoms with E-state index in [1.165, 1.54) is 23.1 Å². The predicted molar refractivity (Wildman–Crippen MR) is 125 cm³/mol. The fourth-order valence-electron chi connectivity index (χ4n) is 4.24. The van der Waals surface area contributed by atoms with Gasteiger partial charge in [0.25, 0.3) is 0 Å². The molecular weight excluding hydrogens is 424 g/mol. The second kappa shape index (κ2) is 9.46. The topological polar surface area (TPSA) is 75.7 Å². The average molecular weight is 455 g/mol. The number of hydrogen-bond donors (Lipinski definition) is 1. The summed E-state index contributed by atoms with van der Waals surface area (Å²) >= 11 is 0. The zero-order valence-electron chi connectivity index (χ0n) is 18.4. The van der Waals surface area contributed by atoms with E-state index in [0.717, 1.165) is 32.1 Å². The van der Waals surface area contributed by atoms with Crippen LogP contribution in [0.5, 0.6) is 5.75 Å². The molecule has 2 aliphatic rings. The Labute approximate surface area is 190 Å². The number of ether oxygens (including phenoxy) is 1. The number of nitrogens with one attached hydrogen (secondary N) is 1. The number of benzene rings is 2. The van der Waals surface area contributed by atoms with E-state index in [4.69, 9.17) is 4.74 Å². The molecule has 1 saturated carbocycles. The second-order valence-corrected chi connectivity index (χ2v) is 10.5. The molecule has 2 aromatic rings. The van der Waals surface area contributed by atoms with Crippen molar-refractivity contribution in [2.75, 3.05) is 26.7 Å². The lowest BCUT2D eigenvalue weighted by molar-refractivity contribution is -0.116. The SMILES string of the molecule is COc1ccc(/C=C/C(=O)NCC2(c3ccccc3)CC2)cc1S(=O)(=O)N1CCCCC1. The van der Waals surface area contributed by atoms with Crippen LogP contribution in [0.3, 0.4) is 0 Å². The molecule has 32 heavy (non-hydrogen) atoms. The van der Waals surface area contributed by atoms with Crippen molar-refractivity contribution in [2.45, 2.75) is 42.4 Å². The average Bonchev–Trinajstić information content (AvgIpc) is 3.63. The summed E-state index contributed by atoms with van der Waals surface area (Å²) in [6, 6.07) is 15.2. The van der Waals surface area contributed by atoms with E-state index in [0.29, 0.717) is 30.9 Å². The zero-order chi connectivity index (χ0) is 22.6. The van der Waals surface area contributed by atoms with Gasteiger partial charge in [-0.3, -0.25) is 4.79 Å². The molecule has 0 aromatic heterocycles. The van der Waals surface area contributed by atoms with Gasteiger partial charge >= 0.3 is 0 Å². The highest BCUT2D eigenvalue weighted by Crippen LogP contribution is 2.47. The zero-order valence-corrected chi connectivity index (χ0v) is 19.2. The highest BCUT2D eigenvalue weighted by molar-refractivity contribution is 7.89. The molecule has 0 spiro atoms. The van der Waals surface area contributed by atoms with Crippen molar-refractivity contribution in [1.29, 1.82) is 0 Å². The van der Waals surface area contributed by atoms with Gasteiger partial charge in [0, 0.05) is 31.1 Å². The summed E-state index contributed by atoms with van der Waals surface area (Å²) in [5, 5.41) is 3.00. The maximum atomic E-state index is 13.2. The Balaban J connectivity index is 1.45. The van der Waals surface area contributed by atoms with Crippen molar-refractivity contribution < 1.29 is 17.9 Å². The Morgan fingerprint density at radius 3 is 2.47 bits per heavy atom. The molecule has 1 saturated heterocycles. The van der Waals surface area contributed by atoms with Gasteiger partial charge in [-0.2, -0.15) is 4.31 Å². The number of nitrogens with zero attached hydrogens (tertiary/aromatic N) is 1. The quantitative estimate of drug-likeness (QED) is 0.617. The molecule has 6 nitrogen and oxygen atoms in total. The van der Waals surface area contributed by atoms with E-state index >= 15 is 0 Å². The van der Waals surface area contributed by atoms with Crippen LogP contribution in [-0.4, -0.2) is 45.4 Å². The smallest absolute Gasteiger partial charge is 0.246 e. The molecule has 0 atom stereocenters. The Hall–Kier alpha value is -2.64. The summed E-state index contributed by atoms with van der Waals surface area (Å²) in [6.45, 7) is 1.64. The van der Waals surface area contributed by atoms with E-state index in [9.17, 15) is 13.2 Å². The van der Waals surface area contributed by atoms with Gasteiger partial charge in [0.05, 0.1) is 7.11 Å². The third kappa shape index (κ3) is 4.89. The van der Waals surface area contributed by atoms with E-state index < -0.39 is 10.0 Å². The first-order chi connectivity index (χ1) is 15.4. The summed E-state index contributed by atoms with van der Waals surface area (Å²) in [5.74, 6) is 0.124. The molecule has 7 heteroatoms. The molecule has 1 N–H and O–H groups in total. The molecule has 1 amide bonds. The van der Waals surface area contributed by atoms with Gasteiger partial charge in [0.15, 0.2) is 0 Å². The summed E-state index contributed by atoms with van der Waals surface area (Å²) in [5.41, 5.74) is 1.94. The number of rotatable bonds is 8. The van der Waals surface area contributed by atoms with E-state index in [-0.39, 0.29) is 16.2 Å². The minimum atomic E-state index is -3.64. The van der Waals surface area contributed by atoms with E-state index in [2.05, 4.69) is 17.4 Å². The summed E-state index contributed by atoms with van der Waals surface area (Å²) < 4.78 is 33.1. The summed E-state index contributed by atoms with van der Waals surface area (Å²) in [4.78, 5) is 12.6. The van der Waals surface area contributed by atoms with Crippen LogP contribution in [0.2, 0.25) is 0 Å². The van der Waals surface area contributed by atoms with Gasteiger partial charge in [-0.1, -0.05) is 42.8 Å². The van der Waals surface area contributed by atoms with Crippen molar-refractivity contribution in [1.82, 2.24) is 9.62 Å². The fraction of sp³-hybridized carbons (Fsp3) is 0.400. The first-order valence-electron chi connectivity index (χ1n) is 11.1. The van der Waals surface area contributed by atoms with Crippen LogP contribution in [0.25, 0.3) is 6.08 Å². The lowest BCUT2D eigenvalue weighted by atomic mass is 9.96. The van der Waals surface area contributed by atoms with E-state index in [1.807, 2.05) is 18.2 Å². The van der Waals surface area contributed by atoms with Gasteiger partial charge in [-0.15, -0.1) is 0 Å². The molecular formula is C25H30N2O4S. The number of methoxy groups -OCH3 is 1. The van der Waals surface area contributed by atoms with E-state index in [1.54, 1.807) is 24.3 Å². The fourth-order valence-corrected chi connectivity index (χ4v) is 5.95. The van der Waals surface area contributed by atoms with Gasteiger partial charge < -0.3 is 10.1 Å². The van der Waals surface area contributed by atoms with Gasteiger partial charge in [0.1, 0.15) is 10.6 Å². The minimum Gasteiger partial charge on any atom is -0.495 e. The maximum absolute atomic E-state index is 13.2. The van der Waals surface area contributed by atoms with Crippen LogP contribution in [-0.2, 0) is 20.2 Å². The molecule has 2 aromatic carbocycles. The molecule has 0 unspecified atom stereocenters. The molecule has 1 aliphatic carbocycles.